The number of rotatable bonds is 6. The minimum absolute atomic E-state index is 0.0189. The van der Waals surface area contributed by atoms with E-state index in [0.29, 0.717) is 23.6 Å². The Kier molecular flexibility index (Phi) is 6.03. The van der Waals surface area contributed by atoms with Gasteiger partial charge < -0.3 is 14.8 Å². The summed E-state index contributed by atoms with van der Waals surface area (Å²) < 4.78 is 11.5. The summed E-state index contributed by atoms with van der Waals surface area (Å²) in [6.45, 7) is 2.75. The molecule has 1 fully saturated rings. The van der Waals surface area contributed by atoms with Gasteiger partial charge in [-0.2, -0.15) is 0 Å². The molecule has 0 unspecified atom stereocenters. The molecule has 0 aromatic heterocycles. The number of para-hydroxylation sites is 3. The molecule has 3 rings (SSSR count). The summed E-state index contributed by atoms with van der Waals surface area (Å²) in [5.74, 6) is -0.0364. The largest absolute Gasteiger partial charge is 0.489 e. The van der Waals surface area contributed by atoms with Crippen LogP contribution in [0, 0.1) is 17.0 Å². The number of aryl methyl sites for hydroxylation is 1. The van der Waals surface area contributed by atoms with Crippen LogP contribution in [0.3, 0.4) is 0 Å². The van der Waals surface area contributed by atoms with Crippen LogP contribution in [0.25, 0.3) is 0 Å². The second kappa shape index (κ2) is 8.64. The molecule has 1 aliphatic rings. The van der Waals surface area contributed by atoms with Crippen molar-refractivity contribution in [3.8, 4) is 5.75 Å². The molecule has 2 aromatic rings. The van der Waals surface area contributed by atoms with E-state index in [2.05, 4.69) is 5.32 Å². The maximum Gasteiger partial charge on any atom is 0.285 e. The van der Waals surface area contributed by atoms with Crippen molar-refractivity contribution in [2.75, 3.05) is 18.5 Å². The zero-order valence-corrected chi connectivity index (χ0v) is 15.1. The molecule has 1 N–H and O–H groups in total. The summed E-state index contributed by atoms with van der Waals surface area (Å²) in [5, 5.41) is 14.1. The molecule has 7 nitrogen and oxygen atoms in total. The number of hydrogen-bond donors (Lipinski definition) is 1. The highest BCUT2D eigenvalue weighted by molar-refractivity contribution is 6.08. The second-order valence-corrected chi connectivity index (χ2v) is 6.48. The van der Waals surface area contributed by atoms with E-state index in [4.69, 9.17) is 9.47 Å². The van der Waals surface area contributed by atoms with Crippen LogP contribution in [0.5, 0.6) is 5.75 Å². The van der Waals surface area contributed by atoms with Crippen molar-refractivity contribution in [3.63, 3.8) is 0 Å². The fourth-order valence-electron chi connectivity index (χ4n) is 3.09. The zero-order chi connectivity index (χ0) is 19.2. The number of benzene rings is 2. The van der Waals surface area contributed by atoms with Gasteiger partial charge >= 0.3 is 0 Å². The Bertz CT molecular complexity index is 831. The van der Waals surface area contributed by atoms with Crippen molar-refractivity contribution in [1.82, 2.24) is 0 Å². The highest BCUT2D eigenvalue weighted by Gasteiger charge is 2.23. The van der Waals surface area contributed by atoms with Gasteiger partial charge in [0.25, 0.3) is 11.6 Å². The highest BCUT2D eigenvalue weighted by atomic mass is 16.6. The predicted molar refractivity (Wildman–Crippen MR) is 101 cm³/mol. The van der Waals surface area contributed by atoms with E-state index in [0.717, 1.165) is 25.9 Å². The summed E-state index contributed by atoms with van der Waals surface area (Å²) in [7, 11) is 0. The third kappa shape index (κ3) is 4.62. The third-order valence-electron chi connectivity index (χ3n) is 4.50. The summed E-state index contributed by atoms with van der Waals surface area (Å²) in [6, 6.07) is 11.7. The number of nitro groups is 1. The van der Waals surface area contributed by atoms with E-state index in [9.17, 15) is 14.9 Å². The number of nitrogens with one attached hydrogen (secondary N) is 1. The average Bonchev–Trinajstić information content (AvgIpc) is 2.67. The van der Waals surface area contributed by atoms with Gasteiger partial charge in [-0.3, -0.25) is 14.9 Å². The molecule has 1 aliphatic heterocycles. The number of carbonyl (C=O) groups excluding carboxylic acids is 1. The first-order valence-corrected chi connectivity index (χ1v) is 8.95. The fourth-order valence-corrected chi connectivity index (χ4v) is 3.09. The van der Waals surface area contributed by atoms with Crippen molar-refractivity contribution in [2.45, 2.75) is 32.3 Å². The molecule has 0 radical (unpaired) electrons. The molecule has 27 heavy (non-hydrogen) atoms. The minimum Gasteiger partial charge on any atom is -0.489 e. The van der Waals surface area contributed by atoms with Gasteiger partial charge in [0.2, 0.25) is 0 Å². The number of hydrogen-bond acceptors (Lipinski definition) is 5. The quantitative estimate of drug-likeness (QED) is 0.610. The maximum atomic E-state index is 12.7. The molecule has 1 amide bonds. The standard InChI is InChI=1S/C20H22N2O5/c1-14-7-6-9-16(19(14)22(24)25)20(23)21-17-10-2-3-11-18(17)27-13-15-8-4-5-12-26-15/h2-3,6-7,9-11,15H,4-5,8,12-13H2,1H3,(H,21,23)/t15-/m0/s1. The van der Waals surface area contributed by atoms with E-state index < -0.39 is 10.8 Å². The Morgan fingerprint density at radius 1 is 1.26 bits per heavy atom. The monoisotopic (exact) mass is 370 g/mol. The Labute approximate surface area is 157 Å². The van der Waals surface area contributed by atoms with Crippen LogP contribution in [0.4, 0.5) is 11.4 Å². The van der Waals surface area contributed by atoms with Crippen LogP contribution in [0.1, 0.15) is 35.2 Å². The number of ether oxygens (including phenoxy) is 2. The number of carbonyl (C=O) groups is 1. The molecule has 1 atom stereocenters. The summed E-state index contributed by atoms with van der Waals surface area (Å²) in [6.07, 6.45) is 3.17. The van der Waals surface area contributed by atoms with E-state index >= 15 is 0 Å². The van der Waals surface area contributed by atoms with Gasteiger partial charge in [0.1, 0.15) is 17.9 Å². The van der Waals surface area contributed by atoms with E-state index in [1.165, 1.54) is 6.07 Å². The minimum atomic E-state index is -0.546. The molecular formula is C20H22N2O5. The highest BCUT2D eigenvalue weighted by Crippen LogP contribution is 2.28. The third-order valence-corrected chi connectivity index (χ3v) is 4.50. The molecule has 0 bridgehead atoms. The molecule has 142 valence electrons. The number of nitrogens with zero attached hydrogens (tertiary/aromatic N) is 1. The number of nitro benzene ring substituents is 1. The smallest absolute Gasteiger partial charge is 0.285 e. The Morgan fingerprint density at radius 2 is 2.07 bits per heavy atom. The number of amides is 1. The molecular weight excluding hydrogens is 348 g/mol. The summed E-state index contributed by atoms with van der Waals surface area (Å²) >= 11 is 0. The van der Waals surface area contributed by atoms with Gasteiger partial charge in [0.15, 0.2) is 0 Å². The lowest BCUT2D eigenvalue weighted by molar-refractivity contribution is -0.385. The summed E-state index contributed by atoms with van der Waals surface area (Å²) in [5.41, 5.74) is 0.732. The molecule has 2 aromatic carbocycles. The van der Waals surface area contributed by atoms with Crippen molar-refractivity contribution >= 4 is 17.3 Å². The molecule has 0 spiro atoms. The van der Waals surface area contributed by atoms with Crippen LogP contribution < -0.4 is 10.1 Å². The molecule has 0 saturated carbocycles. The Morgan fingerprint density at radius 3 is 2.81 bits per heavy atom. The van der Waals surface area contributed by atoms with Gasteiger partial charge in [-0.05, 0) is 44.4 Å². The number of anilines is 1. The van der Waals surface area contributed by atoms with Gasteiger partial charge in [-0.1, -0.05) is 24.3 Å². The van der Waals surface area contributed by atoms with Gasteiger partial charge in [-0.25, -0.2) is 0 Å². The van der Waals surface area contributed by atoms with Gasteiger partial charge in [0.05, 0.1) is 16.7 Å². The SMILES string of the molecule is Cc1cccc(C(=O)Nc2ccccc2OC[C@@H]2CCCCO2)c1[N+](=O)[O-]. The topological polar surface area (TPSA) is 90.7 Å². The van der Waals surface area contributed by atoms with Crippen LogP contribution in [0.2, 0.25) is 0 Å². The lowest BCUT2D eigenvalue weighted by Gasteiger charge is -2.23. The van der Waals surface area contributed by atoms with Gasteiger partial charge in [0, 0.05) is 12.2 Å². The first-order chi connectivity index (χ1) is 13.1. The Balaban J connectivity index is 1.75. The van der Waals surface area contributed by atoms with Crippen molar-refractivity contribution in [2.24, 2.45) is 0 Å². The molecule has 0 aliphatic carbocycles. The zero-order valence-electron chi connectivity index (χ0n) is 15.1. The first kappa shape index (κ1) is 18.8. The average molecular weight is 370 g/mol. The second-order valence-electron chi connectivity index (χ2n) is 6.48. The predicted octanol–water partition coefficient (Wildman–Crippen LogP) is 4.10. The van der Waals surface area contributed by atoms with E-state index in [1.54, 1.807) is 37.3 Å². The van der Waals surface area contributed by atoms with Crippen LogP contribution in [-0.4, -0.2) is 30.1 Å². The van der Waals surface area contributed by atoms with E-state index in [1.807, 2.05) is 6.07 Å². The Hall–Kier alpha value is -2.93. The van der Waals surface area contributed by atoms with Crippen LogP contribution >= 0.6 is 0 Å². The molecule has 7 heteroatoms. The van der Waals surface area contributed by atoms with Crippen molar-refractivity contribution < 1.29 is 19.2 Å². The van der Waals surface area contributed by atoms with Gasteiger partial charge in [-0.15, -0.1) is 0 Å². The summed E-state index contributed by atoms with van der Waals surface area (Å²) in [4.78, 5) is 23.5. The van der Waals surface area contributed by atoms with E-state index in [-0.39, 0.29) is 17.4 Å². The fraction of sp³-hybridized carbons (Fsp3) is 0.350. The van der Waals surface area contributed by atoms with Crippen molar-refractivity contribution in [1.29, 1.82) is 0 Å². The lowest BCUT2D eigenvalue weighted by atomic mass is 10.1. The normalized spacial score (nSPS) is 16.6. The molecule has 1 heterocycles. The lowest BCUT2D eigenvalue weighted by Crippen LogP contribution is -2.26. The van der Waals surface area contributed by atoms with Crippen LogP contribution in [0.15, 0.2) is 42.5 Å². The molecule has 1 saturated heterocycles. The first-order valence-electron chi connectivity index (χ1n) is 8.95. The van der Waals surface area contributed by atoms with Crippen molar-refractivity contribution in [3.05, 3.63) is 63.7 Å². The van der Waals surface area contributed by atoms with Crippen LogP contribution in [-0.2, 0) is 4.74 Å². The maximum absolute atomic E-state index is 12.7.